The number of nitrogens with one attached hydrogen (secondary N) is 1. The monoisotopic (exact) mass is 382 g/mol. The van der Waals surface area contributed by atoms with E-state index in [0.29, 0.717) is 24.3 Å². The number of amides is 2. The Bertz CT molecular complexity index is 927. The summed E-state index contributed by atoms with van der Waals surface area (Å²) in [6.07, 6.45) is 0.545. The molecule has 7 nitrogen and oxygen atoms in total. The number of methoxy groups -OCH3 is 1. The molecule has 0 aromatic heterocycles. The highest BCUT2D eigenvalue weighted by atomic mass is 16.5. The molecule has 2 aliphatic rings. The second kappa shape index (κ2) is 6.74. The molecule has 2 heterocycles. The molecule has 0 radical (unpaired) electrons. The van der Waals surface area contributed by atoms with E-state index in [2.05, 4.69) is 5.32 Å². The Morgan fingerprint density at radius 1 is 1.29 bits per heavy atom. The van der Waals surface area contributed by atoms with Crippen LogP contribution in [0.5, 0.6) is 11.5 Å². The number of nitrogens with zero attached hydrogens (tertiary/aromatic N) is 1. The maximum absolute atomic E-state index is 12.9. The molecule has 1 N–H and O–H groups in total. The summed E-state index contributed by atoms with van der Waals surface area (Å²) in [7, 11) is 1.34. The highest BCUT2D eigenvalue weighted by Crippen LogP contribution is 2.45. The summed E-state index contributed by atoms with van der Waals surface area (Å²) >= 11 is 0. The number of carbonyl (C=O) groups excluding carboxylic acids is 2. The average Bonchev–Trinajstić information content (AvgIpc) is 2.68. The minimum Gasteiger partial charge on any atom is -0.494 e. The lowest BCUT2D eigenvalue weighted by Crippen LogP contribution is -2.65. The quantitative estimate of drug-likeness (QED) is 0.817. The van der Waals surface area contributed by atoms with Crippen LogP contribution in [0.1, 0.15) is 42.2 Å². The average molecular weight is 382 g/mol. The third kappa shape index (κ3) is 2.93. The van der Waals surface area contributed by atoms with Crippen molar-refractivity contribution >= 4 is 17.7 Å². The van der Waals surface area contributed by atoms with E-state index in [9.17, 15) is 9.59 Å². The van der Waals surface area contributed by atoms with Gasteiger partial charge in [-0.15, -0.1) is 0 Å². The number of hydrogen-bond donors (Lipinski definition) is 1. The second-order valence-electron chi connectivity index (χ2n) is 6.99. The van der Waals surface area contributed by atoms with Gasteiger partial charge >= 0.3 is 12.0 Å². The van der Waals surface area contributed by atoms with E-state index in [0.717, 1.165) is 17.0 Å². The van der Waals surface area contributed by atoms with Crippen molar-refractivity contribution in [1.29, 1.82) is 0 Å². The zero-order valence-corrected chi connectivity index (χ0v) is 16.0. The SMILES string of the molecule is CCOc1ccc(N2C(=O)N[C@H]3C[C@@]2(C)Oc2ccc(C(=O)OC)cc23)cc1. The Kier molecular flexibility index (Phi) is 4.37. The van der Waals surface area contributed by atoms with Crippen LogP contribution in [-0.2, 0) is 4.74 Å². The molecule has 146 valence electrons. The van der Waals surface area contributed by atoms with Gasteiger partial charge in [0.1, 0.15) is 11.5 Å². The fourth-order valence-corrected chi connectivity index (χ4v) is 3.87. The van der Waals surface area contributed by atoms with E-state index in [1.807, 2.05) is 38.1 Å². The van der Waals surface area contributed by atoms with E-state index >= 15 is 0 Å². The Hall–Kier alpha value is -3.22. The first-order valence-corrected chi connectivity index (χ1v) is 9.20. The topological polar surface area (TPSA) is 77.1 Å². The Labute approximate surface area is 163 Å². The number of carbonyl (C=O) groups is 2. The fraction of sp³-hybridized carbons (Fsp3) is 0.333. The van der Waals surface area contributed by atoms with Crippen LogP contribution >= 0.6 is 0 Å². The number of esters is 1. The summed E-state index contributed by atoms with van der Waals surface area (Å²) in [4.78, 5) is 26.4. The van der Waals surface area contributed by atoms with Crippen LogP contribution in [0.25, 0.3) is 0 Å². The molecule has 0 aliphatic carbocycles. The zero-order valence-electron chi connectivity index (χ0n) is 16.0. The number of benzene rings is 2. The smallest absolute Gasteiger partial charge is 0.337 e. The Morgan fingerprint density at radius 3 is 2.71 bits per heavy atom. The van der Waals surface area contributed by atoms with Crippen LogP contribution in [0.3, 0.4) is 0 Å². The van der Waals surface area contributed by atoms with Crippen molar-refractivity contribution in [2.45, 2.75) is 32.0 Å². The lowest BCUT2D eigenvalue weighted by molar-refractivity contribution is 0.0377. The third-order valence-corrected chi connectivity index (χ3v) is 5.10. The van der Waals surface area contributed by atoms with Gasteiger partial charge in [-0.05, 0) is 56.3 Å². The molecule has 0 saturated carbocycles. The normalized spacial score (nSPS) is 22.6. The van der Waals surface area contributed by atoms with Crippen molar-refractivity contribution in [2.75, 3.05) is 18.6 Å². The predicted octanol–water partition coefficient (Wildman–Crippen LogP) is 3.64. The van der Waals surface area contributed by atoms with Gasteiger partial charge in [0.25, 0.3) is 0 Å². The molecule has 2 bridgehead atoms. The molecule has 2 amide bonds. The standard InChI is InChI=1S/C21H22N2O5/c1-4-27-15-8-6-14(7-9-15)23-20(25)22-17-12-21(23,2)28-18-10-5-13(11-16(17)18)19(24)26-3/h5-11,17H,4,12H2,1-3H3,(H,22,25)/t17-,21+/m0/s1. The van der Waals surface area contributed by atoms with E-state index in [4.69, 9.17) is 14.2 Å². The van der Waals surface area contributed by atoms with Gasteiger partial charge in [-0.2, -0.15) is 0 Å². The zero-order chi connectivity index (χ0) is 19.9. The summed E-state index contributed by atoms with van der Waals surface area (Å²) in [6.45, 7) is 4.40. The Morgan fingerprint density at radius 2 is 2.04 bits per heavy atom. The third-order valence-electron chi connectivity index (χ3n) is 5.10. The molecular formula is C21H22N2O5. The molecule has 2 aromatic rings. The largest absolute Gasteiger partial charge is 0.494 e. The highest BCUT2D eigenvalue weighted by Gasteiger charge is 2.50. The first-order valence-electron chi connectivity index (χ1n) is 9.20. The minimum atomic E-state index is -0.847. The maximum Gasteiger partial charge on any atom is 0.337 e. The second-order valence-corrected chi connectivity index (χ2v) is 6.99. The number of hydrogen-bond acceptors (Lipinski definition) is 5. The van der Waals surface area contributed by atoms with Crippen LogP contribution in [0.4, 0.5) is 10.5 Å². The number of anilines is 1. The van der Waals surface area contributed by atoms with Crippen LogP contribution in [-0.4, -0.2) is 31.4 Å². The summed E-state index contributed by atoms with van der Waals surface area (Å²) < 4.78 is 16.5. The number of rotatable bonds is 4. The van der Waals surface area contributed by atoms with E-state index in [-0.39, 0.29) is 12.1 Å². The van der Waals surface area contributed by atoms with Gasteiger partial charge in [0.2, 0.25) is 0 Å². The van der Waals surface area contributed by atoms with Crippen LogP contribution in [0.2, 0.25) is 0 Å². The molecule has 2 atom stereocenters. The molecular weight excluding hydrogens is 360 g/mol. The van der Waals surface area contributed by atoms with Gasteiger partial charge in [0.05, 0.1) is 25.3 Å². The maximum atomic E-state index is 12.9. The molecule has 4 rings (SSSR count). The summed E-state index contributed by atoms with van der Waals surface area (Å²) in [5.41, 5.74) is 1.08. The van der Waals surface area contributed by atoms with Gasteiger partial charge in [0.15, 0.2) is 5.72 Å². The fourth-order valence-electron chi connectivity index (χ4n) is 3.87. The summed E-state index contributed by atoms with van der Waals surface area (Å²) in [5.74, 6) is 0.966. The molecule has 0 spiro atoms. The van der Waals surface area contributed by atoms with Crippen molar-refractivity contribution in [3.8, 4) is 11.5 Å². The molecule has 1 saturated heterocycles. The van der Waals surface area contributed by atoms with Gasteiger partial charge in [-0.1, -0.05) is 0 Å². The number of ether oxygens (including phenoxy) is 3. The lowest BCUT2D eigenvalue weighted by atomic mass is 9.89. The summed E-state index contributed by atoms with van der Waals surface area (Å²) in [6, 6.07) is 12.0. The van der Waals surface area contributed by atoms with Crippen molar-refractivity contribution in [3.63, 3.8) is 0 Å². The van der Waals surface area contributed by atoms with Gasteiger partial charge in [-0.3, -0.25) is 4.90 Å². The van der Waals surface area contributed by atoms with E-state index in [1.165, 1.54) is 7.11 Å². The minimum absolute atomic E-state index is 0.246. The molecule has 2 aromatic carbocycles. The van der Waals surface area contributed by atoms with Crippen molar-refractivity contribution in [3.05, 3.63) is 53.6 Å². The molecule has 2 aliphatic heterocycles. The van der Waals surface area contributed by atoms with Gasteiger partial charge in [-0.25, -0.2) is 9.59 Å². The first-order chi connectivity index (χ1) is 13.4. The van der Waals surface area contributed by atoms with Crippen molar-refractivity contribution in [1.82, 2.24) is 5.32 Å². The number of fused-ring (bicyclic) bond motifs is 4. The van der Waals surface area contributed by atoms with Gasteiger partial charge < -0.3 is 19.5 Å². The molecule has 28 heavy (non-hydrogen) atoms. The van der Waals surface area contributed by atoms with Crippen LogP contribution < -0.4 is 19.7 Å². The van der Waals surface area contributed by atoms with Gasteiger partial charge in [0, 0.05) is 17.7 Å². The van der Waals surface area contributed by atoms with Crippen molar-refractivity contribution < 1.29 is 23.8 Å². The molecule has 1 fully saturated rings. The molecule has 0 unspecified atom stereocenters. The van der Waals surface area contributed by atoms with Crippen LogP contribution in [0, 0.1) is 0 Å². The number of urea groups is 1. The summed E-state index contributed by atoms with van der Waals surface area (Å²) in [5, 5.41) is 3.03. The highest BCUT2D eigenvalue weighted by molar-refractivity contribution is 5.95. The van der Waals surface area contributed by atoms with Crippen molar-refractivity contribution in [2.24, 2.45) is 0 Å². The predicted molar refractivity (Wildman–Crippen MR) is 103 cm³/mol. The van der Waals surface area contributed by atoms with E-state index < -0.39 is 11.7 Å². The van der Waals surface area contributed by atoms with Crippen LogP contribution in [0.15, 0.2) is 42.5 Å². The first kappa shape index (κ1) is 18.2. The van der Waals surface area contributed by atoms with E-state index in [1.54, 1.807) is 23.1 Å². The Balaban J connectivity index is 1.68. The lowest BCUT2D eigenvalue weighted by Gasteiger charge is -2.50. The molecule has 7 heteroatoms.